The third kappa shape index (κ3) is 4.12. The molecule has 90 valence electrons. The van der Waals surface area contributed by atoms with Gasteiger partial charge in [0.15, 0.2) is 0 Å². The van der Waals surface area contributed by atoms with Crippen molar-refractivity contribution in [3.05, 3.63) is 0 Å². The van der Waals surface area contributed by atoms with Gasteiger partial charge in [0, 0.05) is 18.6 Å². The van der Waals surface area contributed by atoms with Crippen LogP contribution in [0.15, 0.2) is 0 Å². The fourth-order valence-corrected chi connectivity index (χ4v) is 2.23. The lowest BCUT2D eigenvalue weighted by molar-refractivity contribution is 0.116. The molecule has 1 fully saturated rings. The fraction of sp³-hybridized carbons (Fsp3) is 1.00. The predicted molar refractivity (Wildman–Crippen MR) is 67.1 cm³/mol. The van der Waals surface area contributed by atoms with Crippen molar-refractivity contribution in [2.75, 3.05) is 26.2 Å². The summed E-state index contributed by atoms with van der Waals surface area (Å²) in [6.07, 6.45) is 1.32. The first-order valence-corrected chi connectivity index (χ1v) is 6.37. The first kappa shape index (κ1) is 13.0. The zero-order chi connectivity index (χ0) is 11.5. The van der Waals surface area contributed by atoms with E-state index >= 15 is 0 Å². The van der Waals surface area contributed by atoms with Crippen molar-refractivity contribution >= 4 is 0 Å². The van der Waals surface area contributed by atoms with Crippen LogP contribution in [0.5, 0.6) is 0 Å². The Balaban J connectivity index is 2.54. The predicted octanol–water partition coefficient (Wildman–Crippen LogP) is 2.35. The van der Waals surface area contributed by atoms with Gasteiger partial charge in [-0.1, -0.05) is 20.8 Å². The maximum atomic E-state index is 3.56. The van der Waals surface area contributed by atoms with Gasteiger partial charge in [-0.25, -0.2) is 0 Å². The van der Waals surface area contributed by atoms with E-state index in [0.717, 1.165) is 18.4 Å². The number of rotatable bonds is 3. The minimum atomic E-state index is 0.319. The average Bonchev–Trinajstić information content (AvgIpc) is 2.22. The van der Waals surface area contributed by atoms with E-state index in [-0.39, 0.29) is 0 Å². The molecule has 2 heteroatoms. The molecule has 15 heavy (non-hydrogen) atoms. The minimum absolute atomic E-state index is 0.319. The van der Waals surface area contributed by atoms with Gasteiger partial charge in [-0.05, 0) is 45.2 Å². The second-order valence-corrected chi connectivity index (χ2v) is 6.18. The highest BCUT2D eigenvalue weighted by molar-refractivity contribution is 4.88. The Kier molecular flexibility index (Phi) is 4.60. The van der Waals surface area contributed by atoms with Crippen molar-refractivity contribution in [3.63, 3.8) is 0 Å². The molecule has 0 spiro atoms. The highest BCUT2D eigenvalue weighted by Crippen LogP contribution is 2.19. The molecule has 1 unspecified atom stereocenters. The third-order valence-corrected chi connectivity index (χ3v) is 3.41. The van der Waals surface area contributed by atoms with Crippen LogP contribution < -0.4 is 5.32 Å². The van der Waals surface area contributed by atoms with E-state index in [1.165, 1.54) is 26.1 Å². The molecule has 1 atom stereocenters. The Bertz CT molecular complexity index is 187. The summed E-state index contributed by atoms with van der Waals surface area (Å²) in [4.78, 5) is 2.66. The van der Waals surface area contributed by atoms with Crippen LogP contribution in [0.1, 0.15) is 41.0 Å². The van der Waals surface area contributed by atoms with Crippen LogP contribution in [0, 0.1) is 11.8 Å². The molecule has 0 radical (unpaired) electrons. The van der Waals surface area contributed by atoms with Crippen LogP contribution in [0.25, 0.3) is 0 Å². The number of hydrogen-bond acceptors (Lipinski definition) is 2. The topological polar surface area (TPSA) is 15.3 Å². The van der Waals surface area contributed by atoms with Crippen LogP contribution in [0.2, 0.25) is 0 Å². The van der Waals surface area contributed by atoms with Crippen LogP contribution in [0.4, 0.5) is 0 Å². The van der Waals surface area contributed by atoms with Crippen molar-refractivity contribution in [2.24, 2.45) is 11.8 Å². The molecule has 0 saturated carbocycles. The van der Waals surface area contributed by atoms with E-state index < -0.39 is 0 Å². The molecule has 1 aliphatic heterocycles. The summed E-state index contributed by atoms with van der Waals surface area (Å²) in [7, 11) is 0. The highest BCUT2D eigenvalue weighted by atomic mass is 15.2. The van der Waals surface area contributed by atoms with Crippen LogP contribution in [0.3, 0.4) is 0 Å². The molecule has 1 aliphatic rings. The maximum absolute atomic E-state index is 3.56. The van der Waals surface area contributed by atoms with Crippen molar-refractivity contribution in [1.29, 1.82) is 0 Å². The number of nitrogens with zero attached hydrogens (tertiary/aromatic N) is 1. The van der Waals surface area contributed by atoms with Gasteiger partial charge in [-0.3, -0.25) is 4.90 Å². The largest absolute Gasteiger partial charge is 0.315 e. The van der Waals surface area contributed by atoms with E-state index in [1.54, 1.807) is 0 Å². The van der Waals surface area contributed by atoms with Gasteiger partial charge in [0.2, 0.25) is 0 Å². The monoisotopic (exact) mass is 212 g/mol. The molecule has 0 amide bonds. The number of nitrogens with one attached hydrogen (secondary N) is 1. The van der Waals surface area contributed by atoms with E-state index in [1.807, 2.05) is 0 Å². The molecule has 2 nitrogen and oxygen atoms in total. The lowest BCUT2D eigenvalue weighted by atomic mass is 10.0. The van der Waals surface area contributed by atoms with Crippen LogP contribution in [-0.4, -0.2) is 36.6 Å². The highest BCUT2D eigenvalue weighted by Gasteiger charge is 2.29. The second-order valence-electron chi connectivity index (χ2n) is 6.18. The standard InChI is InChI=1S/C13H28N2/c1-11(2)6-7-15-9-12(3)8-14-10-13(15,4)5/h11-12,14H,6-10H2,1-5H3. The smallest absolute Gasteiger partial charge is 0.0277 e. The molecule has 1 rings (SSSR count). The molecule has 1 N–H and O–H groups in total. The average molecular weight is 212 g/mol. The SMILES string of the molecule is CC(C)CCN1CC(C)CNCC1(C)C. The van der Waals surface area contributed by atoms with E-state index in [4.69, 9.17) is 0 Å². The van der Waals surface area contributed by atoms with Crippen molar-refractivity contribution in [1.82, 2.24) is 10.2 Å². The van der Waals surface area contributed by atoms with Gasteiger partial charge in [0.25, 0.3) is 0 Å². The molecule has 1 heterocycles. The first-order valence-electron chi connectivity index (χ1n) is 6.37. The van der Waals surface area contributed by atoms with Crippen molar-refractivity contribution in [3.8, 4) is 0 Å². The lowest BCUT2D eigenvalue weighted by Gasteiger charge is -2.38. The number of hydrogen-bond donors (Lipinski definition) is 1. The fourth-order valence-electron chi connectivity index (χ4n) is 2.23. The van der Waals surface area contributed by atoms with Gasteiger partial charge < -0.3 is 5.32 Å². The zero-order valence-electron chi connectivity index (χ0n) is 11.1. The van der Waals surface area contributed by atoms with E-state index in [0.29, 0.717) is 5.54 Å². The lowest BCUT2D eigenvalue weighted by Crippen LogP contribution is -2.49. The summed E-state index contributed by atoms with van der Waals surface area (Å²) in [5, 5.41) is 3.56. The molecule has 0 aliphatic carbocycles. The van der Waals surface area contributed by atoms with Gasteiger partial charge in [-0.2, -0.15) is 0 Å². The quantitative estimate of drug-likeness (QED) is 0.772. The third-order valence-electron chi connectivity index (χ3n) is 3.41. The van der Waals surface area contributed by atoms with Gasteiger partial charge in [0.05, 0.1) is 0 Å². The Hall–Kier alpha value is -0.0800. The molecule has 0 bridgehead atoms. The Morgan fingerprint density at radius 2 is 2.07 bits per heavy atom. The Labute approximate surface area is 95.4 Å². The van der Waals surface area contributed by atoms with Gasteiger partial charge in [0.1, 0.15) is 0 Å². The zero-order valence-corrected chi connectivity index (χ0v) is 11.1. The van der Waals surface area contributed by atoms with E-state index in [9.17, 15) is 0 Å². The summed E-state index contributed by atoms with van der Waals surface area (Å²) in [6, 6.07) is 0. The molecule has 0 aromatic heterocycles. The summed E-state index contributed by atoms with van der Waals surface area (Å²) in [5.74, 6) is 1.59. The van der Waals surface area contributed by atoms with Crippen molar-refractivity contribution < 1.29 is 0 Å². The molecule has 0 aromatic rings. The summed E-state index contributed by atoms with van der Waals surface area (Å²) in [6.45, 7) is 16.5. The summed E-state index contributed by atoms with van der Waals surface area (Å²) < 4.78 is 0. The van der Waals surface area contributed by atoms with Crippen LogP contribution >= 0.6 is 0 Å². The minimum Gasteiger partial charge on any atom is -0.315 e. The molecule has 0 aromatic carbocycles. The van der Waals surface area contributed by atoms with Gasteiger partial charge >= 0.3 is 0 Å². The van der Waals surface area contributed by atoms with Crippen LogP contribution in [-0.2, 0) is 0 Å². The molecule has 1 saturated heterocycles. The normalized spacial score (nSPS) is 28.0. The maximum Gasteiger partial charge on any atom is 0.0277 e. The van der Waals surface area contributed by atoms with Crippen molar-refractivity contribution in [2.45, 2.75) is 46.6 Å². The summed E-state index contributed by atoms with van der Waals surface area (Å²) in [5.41, 5.74) is 0.319. The second kappa shape index (κ2) is 5.31. The van der Waals surface area contributed by atoms with E-state index in [2.05, 4.69) is 44.8 Å². The first-order chi connectivity index (χ1) is 6.92. The molecular formula is C13H28N2. The Morgan fingerprint density at radius 3 is 2.67 bits per heavy atom. The molecular weight excluding hydrogens is 184 g/mol. The summed E-state index contributed by atoms with van der Waals surface area (Å²) >= 11 is 0. The Morgan fingerprint density at radius 1 is 1.40 bits per heavy atom. The van der Waals surface area contributed by atoms with Gasteiger partial charge in [-0.15, -0.1) is 0 Å².